The van der Waals surface area contributed by atoms with Gasteiger partial charge in [-0.2, -0.15) is 0 Å². The van der Waals surface area contributed by atoms with E-state index < -0.39 is 6.10 Å². The number of anilines is 1. The maximum atomic E-state index is 12.1. The average Bonchev–Trinajstić information content (AvgIpc) is 2.56. The van der Waals surface area contributed by atoms with E-state index in [0.717, 1.165) is 12.8 Å². The van der Waals surface area contributed by atoms with Crippen molar-refractivity contribution in [2.75, 3.05) is 12.4 Å². The first-order chi connectivity index (χ1) is 10.6. The van der Waals surface area contributed by atoms with Crippen molar-refractivity contribution in [2.24, 2.45) is 5.92 Å². The van der Waals surface area contributed by atoms with E-state index in [0.29, 0.717) is 17.9 Å². The van der Waals surface area contributed by atoms with E-state index in [9.17, 15) is 9.59 Å². The lowest BCUT2D eigenvalue weighted by atomic mass is 9.95. The number of esters is 1. The number of carbonyl (C=O) groups excluding carboxylic acids is 2. The Morgan fingerprint density at radius 3 is 2.55 bits per heavy atom. The normalized spacial score (nSPS) is 18.4. The summed E-state index contributed by atoms with van der Waals surface area (Å²) in [6.07, 6.45) is 5.57. The van der Waals surface area contributed by atoms with Gasteiger partial charge in [-0.1, -0.05) is 12.2 Å². The molecule has 1 aliphatic rings. The van der Waals surface area contributed by atoms with Crippen LogP contribution >= 0.6 is 0 Å². The summed E-state index contributed by atoms with van der Waals surface area (Å²) in [6.45, 7) is 1.58. The standard InChI is InChI=1S/C17H21NO4/c1-12(22-17(20)13-6-4-3-5-7-13)16(19)18-14-8-10-15(21-2)11-9-14/h3-4,8-13H,5-7H2,1-2H3,(H,18,19)/t12-,13-/m0/s1. The van der Waals surface area contributed by atoms with Gasteiger partial charge in [0.1, 0.15) is 5.75 Å². The number of amides is 1. The number of hydrogen-bond acceptors (Lipinski definition) is 4. The molecule has 0 heterocycles. The molecule has 0 saturated heterocycles. The molecule has 1 aromatic carbocycles. The molecule has 0 saturated carbocycles. The molecule has 5 nitrogen and oxygen atoms in total. The first-order valence-corrected chi connectivity index (χ1v) is 7.40. The van der Waals surface area contributed by atoms with E-state index in [2.05, 4.69) is 11.4 Å². The van der Waals surface area contributed by atoms with Crippen LogP contribution in [-0.4, -0.2) is 25.1 Å². The second-order valence-corrected chi connectivity index (χ2v) is 5.28. The Kier molecular flexibility index (Phi) is 5.58. The third kappa shape index (κ3) is 4.35. The maximum absolute atomic E-state index is 12.1. The van der Waals surface area contributed by atoms with Crippen LogP contribution in [0.5, 0.6) is 5.75 Å². The fourth-order valence-corrected chi connectivity index (χ4v) is 2.25. The number of benzene rings is 1. The van der Waals surface area contributed by atoms with Gasteiger partial charge in [-0.3, -0.25) is 9.59 Å². The summed E-state index contributed by atoms with van der Waals surface area (Å²) >= 11 is 0. The molecule has 5 heteroatoms. The van der Waals surface area contributed by atoms with E-state index >= 15 is 0 Å². The predicted octanol–water partition coefficient (Wildman–Crippen LogP) is 2.92. The molecule has 0 aliphatic heterocycles. The molecule has 0 spiro atoms. The van der Waals surface area contributed by atoms with Gasteiger partial charge >= 0.3 is 5.97 Å². The fraction of sp³-hybridized carbons (Fsp3) is 0.412. The average molecular weight is 303 g/mol. The number of rotatable bonds is 5. The highest BCUT2D eigenvalue weighted by molar-refractivity contribution is 5.95. The first kappa shape index (κ1) is 16.1. The minimum Gasteiger partial charge on any atom is -0.497 e. The lowest BCUT2D eigenvalue weighted by Gasteiger charge is -2.19. The van der Waals surface area contributed by atoms with Crippen LogP contribution < -0.4 is 10.1 Å². The minimum absolute atomic E-state index is 0.138. The quantitative estimate of drug-likeness (QED) is 0.671. The summed E-state index contributed by atoms with van der Waals surface area (Å²) in [6, 6.07) is 6.97. The third-order valence-electron chi connectivity index (χ3n) is 3.62. The maximum Gasteiger partial charge on any atom is 0.310 e. The van der Waals surface area contributed by atoms with Gasteiger partial charge in [-0.25, -0.2) is 0 Å². The van der Waals surface area contributed by atoms with Crippen molar-refractivity contribution < 1.29 is 19.1 Å². The Labute approximate surface area is 130 Å². The van der Waals surface area contributed by atoms with Crippen LogP contribution in [0.15, 0.2) is 36.4 Å². The molecular weight excluding hydrogens is 282 g/mol. The summed E-state index contributed by atoms with van der Waals surface area (Å²) < 4.78 is 10.3. The van der Waals surface area contributed by atoms with E-state index in [1.807, 2.05) is 6.08 Å². The molecule has 1 amide bonds. The van der Waals surface area contributed by atoms with Crippen LogP contribution in [0.1, 0.15) is 26.2 Å². The van der Waals surface area contributed by atoms with Gasteiger partial charge in [0.2, 0.25) is 0 Å². The van der Waals surface area contributed by atoms with Gasteiger partial charge in [0, 0.05) is 5.69 Å². The molecule has 2 atom stereocenters. The fourth-order valence-electron chi connectivity index (χ4n) is 2.25. The van der Waals surface area contributed by atoms with Crippen molar-refractivity contribution in [1.29, 1.82) is 0 Å². The summed E-state index contributed by atoms with van der Waals surface area (Å²) in [4.78, 5) is 24.0. The Balaban J connectivity index is 1.85. The number of allylic oxidation sites excluding steroid dienone is 2. The summed E-state index contributed by atoms with van der Waals surface area (Å²) in [7, 11) is 1.58. The highest BCUT2D eigenvalue weighted by atomic mass is 16.5. The van der Waals surface area contributed by atoms with E-state index in [1.54, 1.807) is 38.3 Å². The zero-order valence-electron chi connectivity index (χ0n) is 12.9. The zero-order chi connectivity index (χ0) is 15.9. The Morgan fingerprint density at radius 1 is 1.23 bits per heavy atom. The number of methoxy groups -OCH3 is 1. The molecule has 22 heavy (non-hydrogen) atoms. The van der Waals surface area contributed by atoms with Gasteiger partial charge in [0.25, 0.3) is 5.91 Å². The zero-order valence-corrected chi connectivity index (χ0v) is 12.9. The second-order valence-electron chi connectivity index (χ2n) is 5.28. The SMILES string of the molecule is COc1ccc(NC(=O)[C@H](C)OC(=O)[C@H]2CC=CCC2)cc1. The summed E-state index contributed by atoms with van der Waals surface area (Å²) in [5.74, 6) is -0.0735. The third-order valence-corrected chi connectivity index (χ3v) is 3.62. The van der Waals surface area contributed by atoms with Gasteiger partial charge in [-0.15, -0.1) is 0 Å². The van der Waals surface area contributed by atoms with Crippen molar-refractivity contribution >= 4 is 17.6 Å². The molecule has 2 rings (SSSR count). The molecule has 0 unspecified atom stereocenters. The Bertz CT molecular complexity index is 550. The Morgan fingerprint density at radius 2 is 1.95 bits per heavy atom. The highest BCUT2D eigenvalue weighted by Crippen LogP contribution is 2.20. The topological polar surface area (TPSA) is 64.6 Å². The van der Waals surface area contributed by atoms with Gasteiger partial charge in [0.15, 0.2) is 6.10 Å². The molecule has 118 valence electrons. The van der Waals surface area contributed by atoms with Crippen molar-refractivity contribution in [3.63, 3.8) is 0 Å². The first-order valence-electron chi connectivity index (χ1n) is 7.40. The lowest BCUT2D eigenvalue weighted by Crippen LogP contribution is -2.32. The second kappa shape index (κ2) is 7.64. The minimum atomic E-state index is -0.819. The highest BCUT2D eigenvalue weighted by Gasteiger charge is 2.24. The van der Waals surface area contributed by atoms with Crippen LogP contribution in [0.25, 0.3) is 0 Å². The van der Waals surface area contributed by atoms with Gasteiger partial charge < -0.3 is 14.8 Å². The van der Waals surface area contributed by atoms with Crippen molar-refractivity contribution in [2.45, 2.75) is 32.3 Å². The molecular formula is C17H21NO4. The van der Waals surface area contributed by atoms with E-state index in [4.69, 9.17) is 9.47 Å². The van der Waals surface area contributed by atoms with Gasteiger partial charge in [-0.05, 0) is 50.5 Å². The molecule has 1 N–H and O–H groups in total. The molecule has 0 aromatic heterocycles. The smallest absolute Gasteiger partial charge is 0.310 e. The lowest BCUT2D eigenvalue weighted by molar-refractivity contribution is -0.157. The summed E-state index contributed by atoms with van der Waals surface area (Å²) in [5.41, 5.74) is 0.634. The van der Waals surface area contributed by atoms with Crippen molar-refractivity contribution in [1.82, 2.24) is 0 Å². The van der Waals surface area contributed by atoms with Crippen LogP contribution in [0.2, 0.25) is 0 Å². The van der Waals surface area contributed by atoms with Crippen molar-refractivity contribution in [3.8, 4) is 5.75 Å². The number of hydrogen-bond donors (Lipinski definition) is 1. The van der Waals surface area contributed by atoms with Gasteiger partial charge in [0.05, 0.1) is 13.0 Å². The van der Waals surface area contributed by atoms with Crippen LogP contribution in [0.3, 0.4) is 0 Å². The molecule has 0 radical (unpaired) electrons. The molecule has 0 fully saturated rings. The van der Waals surface area contributed by atoms with E-state index in [1.165, 1.54) is 0 Å². The number of ether oxygens (including phenoxy) is 2. The molecule has 1 aliphatic carbocycles. The Hall–Kier alpha value is -2.30. The predicted molar refractivity (Wildman–Crippen MR) is 83.7 cm³/mol. The van der Waals surface area contributed by atoms with Crippen molar-refractivity contribution in [3.05, 3.63) is 36.4 Å². The van der Waals surface area contributed by atoms with Crippen LogP contribution in [0, 0.1) is 5.92 Å². The molecule has 1 aromatic rings. The van der Waals surface area contributed by atoms with Crippen LogP contribution in [0.4, 0.5) is 5.69 Å². The molecule has 0 bridgehead atoms. The number of carbonyl (C=O) groups is 2. The number of nitrogens with one attached hydrogen (secondary N) is 1. The summed E-state index contributed by atoms with van der Waals surface area (Å²) in [5, 5.41) is 2.72. The largest absolute Gasteiger partial charge is 0.497 e. The van der Waals surface area contributed by atoms with Crippen LogP contribution in [-0.2, 0) is 14.3 Å². The van der Waals surface area contributed by atoms with E-state index in [-0.39, 0.29) is 17.8 Å². The monoisotopic (exact) mass is 303 g/mol.